The smallest absolute Gasteiger partial charge is 0.167 e. The van der Waals surface area contributed by atoms with Crippen molar-refractivity contribution in [2.45, 2.75) is 0 Å². The molecule has 120 valence electrons. The van der Waals surface area contributed by atoms with Crippen molar-refractivity contribution in [3.05, 3.63) is 60.2 Å². The standard InChI is InChI=1S/C19H17N3O2/c1-23-16-4-2-3-15(11-16)18-12-17(22-24-18)13-5-7-14(8-6-13)19-20-9-10-21-19/h2-8,11-12H,9-10H2,1H3,(H,20,21). The van der Waals surface area contributed by atoms with Crippen molar-refractivity contribution in [2.75, 3.05) is 20.2 Å². The number of rotatable bonds is 4. The molecule has 0 saturated heterocycles. The Balaban J connectivity index is 1.60. The van der Waals surface area contributed by atoms with Gasteiger partial charge in [-0.2, -0.15) is 0 Å². The van der Waals surface area contributed by atoms with Crippen LogP contribution in [-0.2, 0) is 0 Å². The first-order valence-corrected chi connectivity index (χ1v) is 7.84. The molecule has 1 aliphatic heterocycles. The summed E-state index contributed by atoms with van der Waals surface area (Å²) in [7, 11) is 1.65. The summed E-state index contributed by atoms with van der Waals surface area (Å²) in [6.07, 6.45) is 0. The molecule has 2 aromatic carbocycles. The lowest BCUT2D eigenvalue weighted by Gasteiger charge is -2.02. The largest absolute Gasteiger partial charge is 0.497 e. The molecule has 1 N–H and O–H groups in total. The van der Waals surface area contributed by atoms with Gasteiger partial charge in [-0.3, -0.25) is 4.99 Å². The summed E-state index contributed by atoms with van der Waals surface area (Å²) in [5.41, 5.74) is 3.85. The fourth-order valence-corrected chi connectivity index (χ4v) is 2.71. The molecule has 0 bridgehead atoms. The molecule has 0 radical (unpaired) electrons. The second-order valence-corrected chi connectivity index (χ2v) is 5.54. The van der Waals surface area contributed by atoms with E-state index in [1.165, 1.54) is 0 Å². The molecule has 0 saturated carbocycles. The van der Waals surface area contributed by atoms with Crippen LogP contribution in [0.3, 0.4) is 0 Å². The Labute approximate surface area is 140 Å². The highest BCUT2D eigenvalue weighted by atomic mass is 16.5. The van der Waals surface area contributed by atoms with E-state index < -0.39 is 0 Å². The molecule has 24 heavy (non-hydrogen) atoms. The molecule has 2 heterocycles. The van der Waals surface area contributed by atoms with Crippen LogP contribution in [0.25, 0.3) is 22.6 Å². The molecule has 0 amide bonds. The van der Waals surface area contributed by atoms with Gasteiger partial charge in [0.05, 0.1) is 13.7 Å². The molecular formula is C19H17N3O2. The number of ether oxygens (including phenoxy) is 1. The number of hydrogen-bond donors (Lipinski definition) is 1. The van der Waals surface area contributed by atoms with Crippen LogP contribution < -0.4 is 10.1 Å². The van der Waals surface area contributed by atoms with Crippen molar-refractivity contribution in [1.82, 2.24) is 10.5 Å². The molecule has 5 nitrogen and oxygen atoms in total. The molecule has 1 aliphatic rings. The number of benzene rings is 2. The van der Waals surface area contributed by atoms with Crippen LogP contribution in [0, 0.1) is 0 Å². The molecule has 0 atom stereocenters. The highest BCUT2D eigenvalue weighted by Crippen LogP contribution is 2.28. The van der Waals surface area contributed by atoms with Gasteiger partial charge in [-0.25, -0.2) is 0 Å². The zero-order valence-corrected chi connectivity index (χ0v) is 13.3. The Morgan fingerprint density at radius 1 is 1.00 bits per heavy atom. The lowest BCUT2D eigenvalue weighted by Crippen LogP contribution is -2.19. The molecule has 3 aromatic rings. The van der Waals surface area contributed by atoms with Crippen LogP contribution in [0.5, 0.6) is 5.75 Å². The number of aromatic nitrogens is 1. The van der Waals surface area contributed by atoms with Crippen LogP contribution in [0.15, 0.2) is 64.1 Å². The topological polar surface area (TPSA) is 59.6 Å². The first-order valence-electron chi connectivity index (χ1n) is 7.84. The summed E-state index contributed by atoms with van der Waals surface area (Å²) in [4.78, 5) is 4.43. The van der Waals surface area contributed by atoms with Crippen molar-refractivity contribution in [1.29, 1.82) is 0 Å². The highest BCUT2D eigenvalue weighted by Gasteiger charge is 2.11. The van der Waals surface area contributed by atoms with Crippen molar-refractivity contribution in [3.63, 3.8) is 0 Å². The van der Waals surface area contributed by atoms with Gasteiger partial charge in [0.2, 0.25) is 0 Å². The summed E-state index contributed by atoms with van der Waals surface area (Å²) in [5, 5.41) is 7.46. The van der Waals surface area contributed by atoms with Gasteiger partial charge in [-0.05, 0) is 12.1 Å². The average Bonchev–Trinajstić information content (AvgIpc) is 3.34. The number of hydrogen-bond acceptors (Lipinski definition) is 5. The molecule has 1 aromatic heterocycles. The zero-order chi connectivity index (χ0) is 16.4. The van der Waals surface area contributed by atoms with E-state index in [-0.39, 0.29) is 0 Å². The minimum absolute atomic E-state index is 0.717. The van der Waals surface area contributed by atoms with E-state index in [9.17, 15) is 0 Å². The SMILES string of the molecule is COc1cccc(-c2cc(-c3ccc(C4=NCCN4)cc3)no2)c1. The average molecular weight is 319 g/mol. The van der Waals surface area contributed by atoms with E-state index in [0.29, 0.717) is 0 Å². The summed E-state index contributed by atoms with van der Waals surface area (Å²) >= 11 is 0. The van der Waals surface area contributed by atoms with Gasteiger partial charge in [0.15, 0.2) is 5.76 Å². The summed E-state index contributed by atoms with van der Waals surface area (Å²) in [6, 6.07) is 17.8. The van der Waals surface area contributed by atoms with Gasteiger partial charge in [0.25, 0.3) is 0 Å². The predicted octanol–water partition coefficient (Wildman–Crippen LogP) is 3.37. The molecule has 4 rings (SSSR count). The number of nitrogens with zero attached hydrogens (tertiary/aromatic N) is 2. The molecule has 0 unspecified atom stereocenters. The lowest BCUT2D eigenvalue weighted by molar-refractivity contribution is 0.413. The maximum absolute atomic E-state index is 5.49. The zero-order valence-electron chi connectivity index (χ0n) is 13.3. The third-order valence-electron chi connectivity index (χ3n) is 3.99. The third-order valence-corrected chi connectivity index (χ3v) is 3.99. The van der Waals surface area contributed by atoms with Crippen molar-refractivity contribution < 1.29 is 9.26 Å². The van der Waals surface area contributed by atoms with E-state index in [1.807, 2.05) is 54.6 Å². The van der Waals surface area contributed by atoms with Gasteiger partial charge >= 0.3 is 0 Å². The molecule has 0 aliphatic carbocycles. The second-order valence-electron chi connectivity index (χ2n) is 5.54. The van der Waals surface area contributed by atoms with Crippen molar-refractivity contribution >= 4 is 5.84 Å². The Kier molecular flexibility index (Phi) is 3.75. The fraction of sp³-hybridized carbons (Fsp3) is 0.158. The van der Waals surface area contributed by atoms with E-state index >= 15 is 0 Å². The quantitative estimate of drug-likeness (QED) is 0.801. The molecular weight excluding hydrogens is 302 g/mol. The fourth-order valence-electron chi connectivity index (χ4n) is 2.71. The summed E-state index contributed by atoms with van der Waals surface area (Å²) in [6.45, 7) is 1.74. The minimum atomic E-state index is 0.717. The van der Waals surface area contributed by atoms with Crippen molar-refractivity contribution in [2.24, 2.45) is 4.99 Å². The minimum Gasteiger partial charge on any atom is -0.497 e. The highest BCUT2D eigenvalue weighted by molar-refractivity contribution is 6.00. The Morgan fingerprint density at radius 3 is 2.58 bits per heavy atom. The van der Waals surface area contributed by atoms with E-state index in [1.54, 1.807) is 7.11 Å². The first-order chi connectivity index (χ1) is 11.8. The van der Waals surface area contributed by atoms with Gasteiger partial charge in [0.1, 0.15) is 17.3 Å². The van der Waals surface area contributed by atoms with Gasteiger partial charge in [0, 0.05) is 29.3 Å². The predicted molar refractivity (Wildman–Crippen MR) is 93.3 cm³/mol. The summed E-state index contributed by atoms with van der Waals surface area (Å²) in [5.74, 6) is 2.47. The van der Waals surface area contributed by atoms with Gasteiger partial charge < -0.3 is 14.6 Å². The Morgan fingerprint density at radius 2 is 1.83 bits per heavy atom. The molecule has 5 heteroatoms. The van der Waals surface area contributed by atoms with E-state index in [2.05, 4.69) is 15.5 Å². The summed E-state index contributed by atoms with van der Waals surface area (Å²) < 4.78 is 10.7. The monoisotopic (exact) mass is 319 g/mol. The van der Waals surface area contributed by atoms with Crippen LogP contribution in [0.1, 0.15) is 5.56 Å². The van der Waals surface area contributed by atoms with E-state index in [0.717, 1.165) is 52.8 Å². The Bertz CT molecular complexity index is 882. The van der Waals surface area contributed by atoms with E-state index in [4.69, 9.17) is 9.26 Å². The van der Waals surface area contributed by atoms with Crippen LogP contribution in [0.4, 0.5) is 0 Å². The maximum atomic E-state index is 5.49. The van der Waals surface area contributed by atoms with Crippen LogP contribution in [0.2, 0.25) is 0 Å². The second kappa shape index (κ2) is 6.20. The maximum Gasteiger partial charge on any atom is 0.167 e. The number of methoxy groups -OCH3 is 1. The van der Waals surface area contributed by atoms with Crippen LogP contribution >= 0.6 is 0 Å². The number of nitrogens with one attached hydrogen (secondary N) is 1. The number of aliphatic imine (C=N–C) groups is 1. The first kappa shape index (κ1) is 14.5. The Hall–Kier alpha value is -3.08. The van der Waals surface area contributed by atoms with Crippen molar-refractivity contribution in [3.8, 4) is 28.3 Å². The lowest BCUT2D eigenvalue weighted by atomic mass is 10.1. The third kappa shape index (κ3) is 2.76. The van der Waals surface area contributed by atoms with Gasteiger partial charge in [-0.1, -0.05) is 41.6 Å². The van der Waals surface area contributed by atoms with Gasteiger partial charge in [-0.15, -0.1) is 0 Å². The van der Waals surface area contributed by atoms with Crippen LogP contribution in [-0.4, -0.2) is 31.2 Å². The number of amidine groups is 1. The molecule has 0 spiro atoms. The normalized spacial score (nSPS) is 13.5. The molecule has 0 fully saturated rings.